The lowest BCUT2D eigenvalue weighted by molar-refractivity contribution is -0.142. The van der Waals surface area contributed by atoms with Crippen LogP contribution in [-0.4, -0.2) is 28.9 Å². The highest BCUT2D eigenvalue weighted by Gasteiger charge is 2.20. The third kappa shape index (κ3) is 6.36. The van der Waals surface area contributed by atoms with Crippen molar-refractivity contribution >= 4 is 17.8 Å². The minimum absolute atomic E-state index is 0.432. The molecule has 0 aromatic heterocycles. The monoisotopic (exact) mass is 226 g/mol. The van der Waals surface area contributed by atoms with Crippen LogP contribution in [0.5, 0.6) is 0 Å². The first-order chi connectivity index (χ1) is 7.47. The molecule has 0 aliphatic carbocycles. The van der Waals surface area contributed by atoms with Crippen LogP contribution in [0, 0.1) is 0 Å². The van der Waals surface area contributed by atoms with Crippen molar-refractivity contribution in [3.05, 3.63) is 24.3 Å². The summed E-state index contributed by atoms with van der Waals surface area (Å²) in [6.07, 6.45) is 5.51. The van der Waals surface area contributed by atoms with Crippen LogP contribution < -0.4 is 11.1 Å². The van der Waals surface area contributed by atoms with Crippen molar-refractivity contribution in [2.24, 2.45) is 5.73 Å². The van der Waals surface area contributed by atoms with E-state index < -0.39 is 30.2 Å². The van der Waals surface area contributed by atoms with Crippen LogP contribution in [0.4, 0.5) is 0 Å². The number of primary amides is 1. The fourth-order valence-corrected chi connectivity index (χ4v) is 0.875. The summed E-state index contributed by atoms with van der Waals surface area (Å²) in [6.45, 7) is 1.77. The van der Waals surface area contributed by atoms with Gasteiger partial charge in [0.25, 0.3) is 0 Å². The normalized spacial score (nSPS) is 12.8. The lowest BCUT2D eigenvalue weighted by Gasteiger charge is -2.10. The summed E-state index contributed by atoms with van der Waals surface area (Å²) < 4.78 is 0. The Balaban J connectivity index is 4.34. The number of carbonyl (C=O) groups is 3. The smallest absolute Gasteiger partial charge is 0.326 e. The van der Waals surface area contributed by atoms with Crippen molar-refractivity contribution < 1.29 is 19.5 Å². The van der Waals surface area contributed by atoms with Gasteiger partial charge in [-0.1, -0.05) is 18.2 Å². The quantitative estimate of drug-likeness (QED) is 0.421. The first kappa shape index (κ1) is 13.9. The molecule has 0 aliphatic rings. The molecule has 0 radical (unpaired) electrons. The Labute approximate surface area is 92.8 Å². The molecular formula is C10H14N2O4. The Hall–Kier alpha value is -2.11. The van der Waals surface area contributed by atoms with Gasteiger partial charge in [0.15, 0.2) is 0 Å². The molecule has 0 fully saturated rings. The van der Waals surface area contributed by atoms with Gasteiger partial charge in [-0.15, -0.1) is 0 Å². The largest absolute Gasteiger partial charge is 0.480 e. The first-order valence-corrected chi connectivity index (χ1v) is 4.58. The maximum Gasteiger partial charge on any atom is 0.326 e. The van der Waals surface area contributed by atoms with Crippen LogP contribution >= 0.6 is 0 Å². The van der Waals surface area contributed by atoms with Crippen LogP contribution in [0.2, 0.25) is 0 Å². The van der Waals surface area contributed by atoms with E-state index in [4.69, 9.17) is 10.8 Å². The van der Waals surface area contributed by atoms with E-state index in [0.717, 1.165) is 6.08 Å². The highest BCUT2D eigenvalue weighted by atomic mass is 16.4. The molecule has 0 aromatic rings. The van der Waals surface area contributed by atoms with Crippen molar-refractivity contribution in [2.75, 3.05) is 0 Å². The molecule has 0 spiro atoms. The molecule has 0 unspecified atom stereocenters. The van der Waals surface area contributed by atoms with Crippen LogP contribution in [0.1, 0.15) is 13.3 Å². The topological polar surface area (TPSA) is 109 Å². The molecule has 2 amide bonds. The minimum atomic E-state index is -1.30. The van der Waals surface area contributed by atoms with Crippen LogP contribution in [0.3, 0.4) is 0 Å². The van der Waals surface area contributed by atoms with Gasteiger partial charge in [-0.05, 0) is 6.92 Å². The molecule has 0 heterocycles. The molecule has 6 nitrogen and oxygen atoms in total. The van der Waals surface area contributed by atoms with Crippen LogP contribution in [0.15, 0.2) is 24.3 Å². The fourth-order valence-electron chi connectivity index (χ4n) is 0.875. The molecule has 0 aromatic carbocycles. The lowest BCUT2D eigenvalue weighted by Crippen LogP contribution is -2.42. The Morgan fingerprint density at radius 3 is 2.44 bits per heavy atom. The van der Waals surface area contributed by atoms with Crippen LogP contribution in [-0.2, 0) is 14.4 Å². The highest BCUT2D eigenvalue weighted by Crippen LogP contribution is 1.92. The number of hydrogen-bond acceptors (Lipinski definition) is 3. The summed E-state index contributed by atoms with van der Waals surface area (Å²) in [7, 11) is 0. The van der Waals surface area contributed by atoms with Gasteiger partial charge in [-0.3, -0.25) is 9.59 Å². The average Bonchev–Trinajstić information content (AvgIpc) is 2.16. The summed E-state index contributed by atoms with van der Waals surface area (Å²) in [4.78, 5) is 32.3. The van der Waals surface area contributed by atoms with Crippen molar-refractivity contribution in [1.82, 2.24) is 5.32 Å². The van der Waals surface area contributed by atoms with E-state index >= 15 is 0 Å². The molecule has 0 saturated carbocycles. The lowest BCUT2D eigenvalue weighted by atomic mass is 10.2. The maximum absolute atomic E-state index is 11.2. The molecule has 16 heavy (non-hydrogen) atoms. The summed E-state index contributed by atoms with van der Waals surface area (Å²) >= 11 is 0. The Morgan fingerprint density at radius 2 is 2.00 bits per heavy atom. The molecule has 1 atom stereocenters. The average molecular weight is 226 g/mol. The van der Waals surface area contributed by atoms with E-state index in [2.05, 4.69) is 5.32 Å². The number of carbonyl (C=O) groups excluding carboxylic acids is 2. The number of carboxylic acids is 1. The summed E-state index contributed by atoms with van der Waals surface area (Å²) in [5, 5.41) is 10.8. The van der Waals surface area contributed by atoms with Gasteiger partial charge in [0, 0.05) is 6.08 Å². The van der Waals surface area contributed by atoms with Crippen molar-refractivity contribution in [3.8, 4) is 0 Å². The second-order valence-corrected chi connectivity index (χ2v) is 2.95. The van der Waals surface area contributed by atoms with Crippen molar-refractivity contribution in [3.63, 3.8) is 0 Å². The molecule has 0 saturated heterocycles. The maximum atomic E-state index is 11.2. The number of hydrogen-bond donors (Lipinski definition) is 3. The SMILES string of the molecule is C/C=C/C=C/C(=O)N[C@@H](CC(N)=O)C(=O)O. The summed E-state index contributed by atoms with van der Waals surface area (Å²) in [5.41, 5.74) is 4.85. The van der Waals surface area contributed by atoms with Crippen molar-refractivity contribution in [1.29, 1.82) is 0 Å². The number of amides is 2. The summed E-state index contributed by atoms with van der Waals surface area (Å²) in [6, 6.07) is -1.29. The predicted octanol–water partition coefficient (Wildman–Crippen LogP) is -0.436. The number of nitrogens with one attached hydrogen (secondary N) is 1. The number of allylic oxidation sites excluding steroid dienone is 3. The van der Waals surface area contributed by atoms with Gasteiger partial charge in [0.1, 0.15) is 6.04 Å². The third-order valence-electron chi connectivity index (χ3n) is 1.57. The van der Waals surface area contributed by atoms with Crippen LogP contribution in [0.25, 0.3) is 0 Å². The second-order valence-electron chi connectivity index (χ2n) is 2.95. The molecule has 0 aliphatic heterocycles. The molecule has 4 N–H and O–H groups in total. The minimum Gasteiger partial charge on any atom is -0.480 e. The second kappa shape index (κ2) is 7.22. The van der Waals surface area contributed by atoms with Gasteiger partial charge in [-0.25, -0.2) is 4.79 Å². The summed E-state index contributed by atoms with van der Waals surface area (Å²) in [5.74, 6) is -2.68. The van der Waals surface area contributed by atoms with Crippen molar-refractivity contribution in [2.45, 2.75) is 19.4 Å². The van der Waals surface area contributed by atoms with Gasteiger partial charge < -0.3 is 16.2 Å². The van der Waals surface area contributed by atoms with Gasteiger partial charge in [-0.2, -0.15) is 0 Å². The van der Waals surface area contributed by atoms with Gasteiger partial charge >= 0.3 is 5.97 Å². The fraction of sp³-hybridized carbons (Fsp3) is 0.300. The van der Waals surface area contributed by atoms with Gasteiger partial charge in [0.05, 0.1) is 6.42 Å². The van der Waals surface area contributed by atoms with E-state index in [-0.39, 0.29) is 0 Å². The Bertz CT molecular complexity index is 334. The molecule has 0 rings (SSSR count). The van der Waals surface area contributed by atoms with E-state index in [0.29, 0.717) is 0 Å². The molecule has 6 heteroatoms. The standard InChI is InChI=1S/C10H14N2O4/c1-2-3-4-5-9(14)12-7(10(15)16)6-8(11)13/h2-5,7H,6H2,1H3,(H2,11,13)(H,12,14)(H,15,16)/b3-2+,5-4+/t7-/m0/s1. The first-order valence-electron chi connectivity index (χ1n) is 4.58. The zero-order chi connectivity index (χ0) is 12.6. The zero-order valence-corrected chi connectivity index (χ0v) is 8.84. The number of rotatable bonds is 6. The van der Waals surface area contributed by atoms with E-state index in [1.54, 1.807) is 19.1 Å². The molecule has 88 valence electrons. The predicted molar refractivity (Wildman–Crippen MR) is 57.3 cm³/mol. The number of aliphatic carboxylic acids is 1. The highest BCUT2D eigenvalue weighted by molar-refractivity contribution is 5.93. The zero-order valence-electron chi connectivity index (χ0n) is 8.84. The third-order valence-corrected chi connectivity index (χ3v) is 1.57. The Morgan fingerprint density at radius 1 is 1.38 bits per heavy atom. The van der Waals surface area contributed by atoms with E-state index in [1.165, 1.54) is 6.08 Å². The number of nitrogens with two attached hydrogens (primary N) is 1. The van der Waals surface area contributed by atoms with Gasteiger partial charge in [0.2, 0.25) is 11.8 Å². The Kier molecular flexibility index (Phi) is 6.27. The van der Waals surface area contributed by atoms with E-state index in [1.807, 2.05) is 0 Å². The molecule has 0 bridgehead atoms. The molecular weight excluding hydrogens is 212 g/mol. The van der Waals surface area contributed by atoms with E-state index in [9.17, 15) is 14.4 Å². The number of carboxylic acid groups (broad SMARTS) is 1.